The average Bonchev–Trinajstić information content (AvgIpc) is 2.74. The number of amides is 1. The number of halogens is 1. The molecule has 0 saturated carbocycles. The van der Waals surface area contributed by atoms with Gasteiger partial charge < -0.3 is 5.32 Å². The van der Waals surface area contributed by atoms with Gasteiger partial charge in [-0.25, -0.2) is 0 Å². The molecule has 1 unspecified atom stereocenters. The van der Waals surface area contributed by atoms with Gasteiger partial charge >= 0.3 is 0 Å². The minimum absolute atomic E-state index is 0.180. The first-order chi connectivity index (χ1) is 7.75. The molecular weight excluding hydrogens is 286 g/mol. The normalized spacial score (nSPS) is 20.7. The molecule has 0 radical (unpaired) electrons. The smallest absolute Gasteiger partial charge is 0.282 e. The molecular formula is C8H10ClN3OS3. The van der Waals surface area contributed by atoms with Gasteiger partial charge in [-0.05, 0) is 11.6 Å². The maximum Gasteiger partial charge on any atom is 0.282 e. The van der Waals surface area contributed by atoms with Crippen molar-refractivity contribution in [3.05, 3.63) is 9.47 Å². The highest BCUT2D eigenvalue weighted by atomic mass is 35.5. The number of rotatable bonds is 3. The standard InChI is InChI=1S/C8H10ClN3OS3/c9-8-12-11-7(16-8)6(13)10-3-5-4-14-1-2-15-5/h5H,1-4H2,(H,10,13). The average molecular weight is 296 g/mol. The topological polar surface area (TPSA) is 54.9 Å². The number of nitrogens with one attached hydrogen (secondary N) is 1. The number of thioether (sulfide) groups is 2. The first-order valence-corrected chi connectivity index (χ1v) is 8.12. The van der Waals surface area contributed by atoms with E-state index in [1.807, 2.05) is 23.5 Å². The first-order valence-electron chi connectivity index (χ1n) is 4.72. The number of nitrogens with zero attached hydrogens (tertiary/aromatic N) is 2. The summed E-state index contributed by atoms with van der Waals surface area (Å²) in [6, 6.07) is 0. The molecule has 0 aliphatic carbocycles. The molecule has 2 rings (SSSR count). The second-order valence-electron chi connectivity index (χ2n) is 3.14. The van der Waals surface area contributed by atoms with Gasteiger partial charge in [0.15, 0.2) is 0 Å². The van der Waals surface area contributed by atoms with Crippen molar-refractivity contribution in [3.8, 4) is 0 Å². The van der Waals surface area contributed by atoms with E-state index in [1.54, 1.807) is 0 Å². The van der Waals surface area contributed by atoms with Gasteiger partial charge in [0.25, 0.3) is 5.91 Å². The molecule has 4 nitrogen and oxygen atoms in total. The van der Waals surface area contributed by atoms with Gasteiger partial charge in [0.05, 0.1) is 0 Å². The summed E-state index contributed by atoms with van der Waals surface area (Å²) in [5.74, 6) is 3.29. The Labute approximate surface area is 111 Å². The van der Waals surface area contributed by atoms with Crippen molar-refractivity contribution in [2.75, 3.05) is 23.8 Å². The lowest BCUT2D eigenvalue weighted by Crippen LogP contribution is -2.33. The summed E-state index contributed by atoms with van der Waals surface area (Å²) >= 11 is 10.6. The fourth-order valence-corrected chi connectivity index (χ4v) is 4.59. The van der Waals surface area contributed by atoms with Gasteiger partial charge in [-0.1, -0.05) is 11.3 Å². The molecule has 1 N–H and O–H groups in total. The van der Waals surface area contributed by atoms with Crippen LogP contribution in [-0.2, 0) is 0 Å². The van der Waals surface area contributed by atoms with Crippen molar-refractivity contribution >= 4 is 52.4 Å². The van der Waals surface area contributed by atoms with Gasteiger partial charge in [-0.3, -0.25) is 4.79 Å². The lowest BCUT2D eigenvalue weighted by Gasteiger charge is -2.20. The van der Waals surface area contributed by atoms with Crippen LogP contribution in [0.3, 0.4) is 0 Å². The van der Waals surface area contributed by atoms with Crippen LogP contribution in [0.1, 0.15) is 9.80 Å². The van der Waals surface area contributed by atoms with E-state index in [0.29, 0.717) is 21.3 Å². The highest BCUT2D eigenvalue weighted by molar-refractivity contribution is 8.06. The van der Waals surface area contributed by atoms with Gasteiger partial charge in [-0.2, -0.15) is 23.5 Å². The second kappa shape index (κ2) is 6.09. The van der Waals surface area contributed by atoms with E-state index in [1.165, 1.54) is 5.75 Å². The molecule has 0 aromatic carbocycles. The fraction of sp³-hybridized carbons (Fsp3) is 0.625. The lowest BCUT2D eigenvalue weighted by molar-refractivity contribution is 0.0953. The van der Waals surface area contributed by atoms with Crippen molar-refractivity contribution < 1.29 is 4.79 Å². The second-order valence-corrected chi connectivity index (χ2v) is 7.26. The molecule has 0 spiro atoms. The molecule has 1 saturated heterocycles. The van der Waals surface area contributed by atoms with E-state index in [0.717, 1.165) is 22.8 Å². The highest BCUT2D eigenvalue weighted by Gasteiger charge is 2.17. The Kier molecular flexibility index (Phi) is 4.75. The SMILES string of the molecule is O=C(NCC1CSCCS1)c1nnc(Cl)s1. The predicted octanol–water partition coefficient (Wildman–Crippen LogP) is 1.77. The zero-order chi connectivity index (χ0) is 11.4. The molecule has 1 aromatic heterocycles. The van der Waals surface area contributed by atoms with E-state index < -0.39 is 0 Å². The van der Waals surface area contributed by atoms with E-state index in [-0.39, 0.29) is 5.91 Å². The van der Waals surface area contributed by atoms with E-state index in [2.05, 4.69) is 15.5 Å². The summed E-state index contributed by atoms with van der Waals surface area (Å²) in [5.41, 5.74) is 0. The third kappa shape index (κ3) is 3.51. The fourth-order valence-electron chi connectivity index (χ4n) is 1.23. The molecule has 16 heavy (non-hydrogen) atoms. The van der Waals surface area contributed by atoms with E-state index >= 15 is 0 Å². The van der Waals surface area contributed by atoms with Crippen molar-refractivity contribution in [3.63, 3.8) is 0 Å². The third-order valence-electron chi connectivity index (χ3n) is 1.97. The summed E-state index contributed by atoms with van der Waals surface area (Å²) in [4.78, 5) is 11.6. The molecule has 0 bridgehead atoms. The molecule has 1 atom stereocenters. The number of hydrogen-bond acceptors (Lipinski definition) is 6. The van der Waals surface area contributed by atoms with Gasteiger partial charge in [0, 0.05) is 29.1 Å². The van der Waals surface area contributed by atoms with Crippen LogP contribution in [0.2, 0.25) is 4.47 Å². The summed E-state index contributed by atoms with van der Waals surface area (Å²) in [6.07, 6.45) is 0. The largest absolute Gasteiger partial charge is 0.349 e. The maximum atomic E-state index is 11.6. The minimum atomic E-state index is -0.180. The Morgan fingerprint density at radius 3 is 3.00 bits per heavy atom. The maximum absolute atomic E-state index is 11.6. The molecule has 8 heteroatoms. The molecule has 2 heterocycles. The Morgan fingerprint density at radius 2 is 2.38 bits per heavy atom. The summed E-state index contributed by atoms with van der Waals surface area (Å²) in [6.45, 7) is 0.688. The van der Waals surface area contributed by atoms with Crippen LogP contribution in [0.4, 0.5) is 0 Å². The first kappa shape index (κ1) is 12.5. The molecule has 1 aliphatic rings. The molecule has 88 valence electrons. The van der Waals surface area contributed by atoms with Crippen molar-refractivity contribution in [2.24, 2.45) is 0 Å². The van der Waals surface area contributed by atoms with Crippen molar-refractivity contribution in [1.82, 2.24) is 15.5 Å². The summed E-state index contributed by atoms with van der Waals surface area (Å²) in [7, 11) is 0. The molecule has 1 amide bonds. The van der Waals surface area contributed by atoms with Crippen LogP contribution in [0.15, 0.2) is 0 Å². The Bertz CT molecular complexity index is 367. The lowest BCUT2D eigenvalue weighted by atomic mass is 10.4. The van der Waals surface area contributed by atoms with Crippen molar-refractivity contribution in [1.29, 1.82) is 0 Å². The third-order valence-corrected chi connectivity index (χ3v) is 5.83. The summed E-state index contributed by atoms with van der Waals surface area (Å²) in [5, 5.41) is 11.0. The monoisotopic (exact) mass is 295 g/mol. The molecule has 1 aliphatic heterocycles. The van der Waals surface area contributed by atoms with Crippen LogP contribution in [-0.4, -0.2) is 45.2 Å². The van der Waals surface area contributed by atoms with Gasteiger partial charge in [0.1, 0.15) is 0 Å². The zero-order valence-corrected chi connectivity index (χ0v) is 11.5. The van der Waals surface area contributed by atoms with Crippen LogP contribution in [0, 0.1) is 0 Å². The van der Waals surface area contributed by atoms with Gasteiger partial charge in [0.2, 0.25) is 9.47 Å². The molecule has 1 aromatic rings. The van der Waals surface area contributed by atoms with E-state index in [9.17, 15) is 4.79 Å². The Morgan fingerprint density at radius 1 is 1.50 bits per heavy atom. The van der Waals surface area contributed by atoms with E-state index in [4.69, 9.17) is 11.6 Å². The minimum Gasteiger partial charge on any atom is -0.349 e. The van der Waals surface area contributed by atoms with Crippen molar-refractivity contribution in [2.45, 2.75) is 5.25 Å². The number of carbonyl (C=O) groups is 1. The number of aromatic nitrogens is 2. The van der Waals surface area contributed by atoms with Crippen LogP contribution in [0.25, 0.3) is 0 Å². The zero-order valence-electron chi connectivity index (χ0n) is 8.31. The molecule has 1 fully saturated rings. The highest BCUT2D eigenvalue weighted by Crippen LogP contribution is 2.23. The van der Waals surface area contributed by atoms with Crippen LogP contribution < -0.4 is 5.32 Å². The van der Waals surface area contributed by atoms with Gasteiger partial charge in [-0.15, -0.1) is 10.2 Å². The predicted molar refractivity (Wildman–Crippen MR) is 70.8 cm³/mol. The van der Waals surface area contributed by atoms with Crippen LogP contribution in [0.5, 0.6) is 0 Å². The number of hydrogen-bond donors (Lipinski definition) is 1. The Hall–Kier alpha value is 0.0200. The quantitative estimate of drug-likeness (QED) is 0.921. The summed E-state index contributed by atoms with van der Waals surface area (Å²) < 4.78 is 0.299. The van der Waals surface area contributed by atoms with Crippen LogP contribution >= 0.6 is 46.5 Å². The Balaban J connectivity index is 1.79. The number of carbonyl (C=O) groups excluding carboxylic acids is 1.